The Labute approximate surface area is 112 Å². The first-order valence-electron chi connectivity index (χ1n) is 5.76. The normalized spacial score (nSPS) is 10.8. The Balaban J connectivity index is 2.07. The number of H-pyrrole nitrogens is 1. The highest BCUT2D eigenvalue weighted by molar-refractivity contribution is 5.62. The van der Waals surface area contributed by atoms with Crippen molar-refractivity contribution in [2.45, 2.75) is 6.92 Å². The van der Waals surface area contributed by atoms with Gasteiger partial charge in [0.25, 0.3) is 0 Å². The number of ether oxygens (including phenoxy) is 1. The van der Waals surface area contributed by atoms with E-state index in [1.54, 1.807) is 19.1 Å². The number of nitrogens with two attached hydrogens (primary N) is 1. The minimum absolute atomic E-state index is 0.0729. The second kappa shape index (κ2) is 4.26. The number of aromatic nitrogens is 4. The number of anilines is 1. The van der Waals surface area contributed by atoms with Gasteiger partial charge in [0, 0.05) is 6.07 Å². The molecule has 0 spiro atoms. The van der Waals surface area contributed by atoms with Crippen LogP contribution in [0.4, 0.5) is 5.69 Å². The molecule has 0 fully saturated rings. The van der Waals surface area contributed by atoms with Crippen molar-refractivity contribution in [2.24, 2.45) is 0 Å². The summed E-state index contributed by atoms with van der Waals surface area (Å²) in [6.45, 7) is 1.66. The molecule has 0 radical (unpaired) electrons. The SMILES string of the molecule is Cc1nc(Oc2cccc(O)c2N)cc2n[nH]c(=O)n12. The van der Waals surface area contributed by atoms with Gasteiger partial charge in [0.15, 0.2) is 11.4 Å². The zero-order valence-corrected chi connectivity index (χ0v) is 10.5. The van der Waals surface area contributed by atoms with Gasteiger partial charge in [0.05, 0.1) is 0 Å². The van der Waals surface area contributed by atoms with Crippen LogP contribution in [-0.2, 0) is 0 Å². The van der Waals surface area contributed by atoms with Gasteiger partial charge in [0.1, 0.15) is 17.3 Å². The summed E-state index contributed by atoms with van der Waals surface area (Å²) in [4.78, 5) is 15.6. The van der Waals surface area contributed by atoms with Gasteiger partial charge in [0.2, 0.25) is 5.88 Å². The third kappa shape index (κ3) is 1.83. The molecule has 102 valence electrons. The van der Waals surface area contributed by atoms with E-state index in [9.17, 15) is 9.90 Å². The standard InChI is InChI=1S/C12H11N5O3/c1-6-14-10(5-9-15-16-12(19)17(6)9)20-8-4-2-3-7(18)11(8)13/h2-5,18H,13H2,1H3,(H,16,19). The predicted molar refractivity (Wildman–Crippen MR) is 70.9 cm³/mol. The number of rotatable bonds is 2. The smallest absolute Gasteiger partial charge is 0.349 e. The monoisotopic (exact) mass is 273 g/mol. The highest BCUT2D eigenvalue weighted by Gasteiger charge is 2.11. The summed E-state index contributed by atoms with van der Waals surface area (Å²) in [5.41, 5.74) is 5.84. The lowest BCUT2D eigenvalue weighted by atomic mass is 10.3. The molecule has 0 saturated carbocycles. The maximum Gasteiger partial charge on any atom is 0.349 e. The number of phenolic OH excluding ortho intramolecular Hbond substituents is 1. The highest BCUT2D eigenvalue weighted by atomic mass is 16.5. The maximum atomic E-state index is 11.5. The molecule has 0 aliphatic rings. The van der Waals surface area contributed by atoms with Crippen molar-refractivity contribution in [3.8, 4) is 17.4 Å². The number of fused-ring (bicyclic) bond motifs is 1. The molecule has 0 amide bonds. The van der Waals surface area contributed by atoms with Crippen LogP contribution in [0.15, 0.2) is 29.1 Å². The Morgan fingerprint density at radius 1 is 1.45 bits per heavy atom. The van der Waals surface area contributed by atoms with Crippen LogP contribution in [0.25, 0.3) is 5.65 Å². The van der Waals surface area contributed by atoms with E-state index >= 15 is 0 Å². The highest BCUT2D eigenvalue weighted by Crippen LogP contribution is 2.33. The minimum atomic E-state index is -0.367. The zero-order chi connectivity index (χ0) is 14.3. The van der Waals surface area contributed by atoms with E-state index in [4.69, 9.17) is 10.5 Å². The Hall–Kier alpha value is -3.03. The predicted octanol–water partition coefficient (Wildman–Crippen LogP) is 0.806. The van der Waals surface area contributed by atoms with Crippen LogP contribution in [0.5, 0.6) is 17.4 Å². The van der Waals surface area contributed by atoms with Crippen LogP contribution in [0.1, 0.15) is 5.82 Å². The average molecular weight is 273 g/mol. The van der Waals surface area contributed by atoms with Crippen molar-refractivity contribution in [3.63, 3.8) is 0 Å². The number of nitrogens with one attached hydrogen (secondary N) is 1. The molecule has 3 rings (SSSR count). The number of nitrogen functional groups attached to an aromatic ring is 1. The number of hydrogen-bond acceptors (Lipinski definition) is 6. The second-order valence-electron chi connectivity index (χ2n) is 4.15. The lowest BCUT2D eigenvalue weighted by molar-refractivity contribution is 0.448. The van der Waals surface area contributed by atoms with Crippen molar-refractivity contribution >= 4 is 11.3 Å². The van der Waals surface area contributed by atoms with Gasteiger partial charge in [-0.05, 0) is 19.1 Å². The van der Waals surface area contributed by atoms with Crippen LogP contribution in [0, 0.1) is 6.92 Å². The Morgan fingerprint density at radius 3 is 3.05 bits per heavy atom. The van der Waals surface area contributed by atoms with Crippen LogP contribution in [-0.4, -0.2) is 24.7 Å². The number of aromatic hydroxyl groups is 1. The van der Waals surface area contributed by atoms with Crippen molar-refractivity contribution in [3.05, 3.63) is 40.6 Å². The molecule has 8 nitrogen and oxygen atoms in total. The van der Waals surface area contributed by atoms with Crippen molar-refractivity contribution in [1.82, 2.24) is 19.6 Å². The average Bonchev–Trinajstić information content (AvgIpc) is 2.77. The summed E-state index contributed by atoms with van der Waals surface area (Å²) in [7, 11) is 0. The molecule has 0 unspecified atom stereocenters. The van der Waals surface area contributed by atoms with Crippen LogP contribution >= 0.6 is 0 Å². The van der Waals surface area contributed by atoms with Crippen molar-refractivity contribution in [2.75, 3.05) is 5.73 Å². The van der Waals surface area contributed by atoms with Crippen molar-refractivity contribution < 1.29 is 9.84 Å². The number of para-hydroxylation sites is 1. The molecule has 3 aromatic rings. The topological polar surface area (TPSA) is 119 Å². The number of phenols is 1. The Morgan fingerprint density at radius 2 is 2.25 bits per heavy atom. The van der Waals surface area contributed by atoms with E-state index in [1.165, 1.54) is 16.5 Å². The molecular weight excluding hydrogens is 262 g/mol. The van der Waals surface area contributed by atoms with Crippen molar-refractivity contribution in [1.29, 1.82) is 0 Å². The fourth-order valence-corrected chi connectivity index (χ4v) is 1.86. The summed E-state index contributed by atoms with van der Waals surface area (Å²) in [6.07, 6.45) is 0. The molecular formula is C12H11N5O3. The van der Waals surface area contributed by atoms with E-state index in [1.807, 2.05) is 0 Å². The van der Waals surface area contributed by atoms with E-state index in [0.29, 0.717) is 11.5 Å². The summed E-state index contributed by atoms with van der Waals surface area (Å²) < 4.78 is 6.84. The first-order valence-corrected chi connectivity index (χ1v) is 5.76. The molecule has 0 aliphatic heterocycles. The van der Waals surface area contributed by atoms with E-state index in [0.717, 1.165) is 0 Å². The fourth-order valence-electron chi connectivity index (χ4n) is 1.86. The Bertz CT molecular complexity index is 852. The van der Waals surface area contributed by atoms with Gasteiger partial charge >= 0.3 is 5.69 Å². The third-order valence-electron chi connectivity index (χ3n) is 2.80. The molecule has 2 aromatic heterocycles. The van der Waals surface area contributed by atoms with E-state index in [2.05, 4.69) is 15.2 Å². The number of benzene rings is 1. The number of aromatic amines is 1. The van der Waals surface area contributed by atoms with E-state index < -0.39 is 0 Å². The molecule has 0 saturated heterocycles. The van der Waals surface area contributed by atoms with Crippen LogP contribution in [0.3, 0.4) is 0 Å². The largest absolute Gasteiger partial charge is 0.506 e. The molecule has 8 heteroatoms. The maximum absolute atomic E-state index is 11.5. The molecule has 0 aliphatic carbocycles. The zero-order valence-electron chi connectivity index (χ0n) is 10.5. The first-order chi connectivity index (χ1) is 9.56. The van der Waals surface area contributed by atoms with Gasteiger partial charge in [-0.1, -0.05) is 6.07 Å². The summed E-state index contributed by atoms with van der Waals surface area (Å²) >= 11 is 0. The molecule has 0 atom stereocenters. The lowest BCUT2D eigenvalue weighted by Crippen LogP contribution is -2.13. The molecule has 2 heterocycles. The van der Waals surface area contributed by atoms with E-state index in [-0.39, 0.29) is 28.8 Å². The van der Waals surface area contributed by atoms with Crippen LogP contribution < -0.4 is 16.2 Å². The summed E-state index contributed by atoms with van der Waals surface area (Å²) in [5, 5.41) is 15.7. The Kier molecular flexibility index (Phi) is 2.56. The number of hydrogen-bond donors (Lipinski definition) is 3. The van der Waals surface area contributed by atoms with Gasteiger partial charge in [-0.15, -0.1) is 0 Å². The van der Waals surface area contributed by atoms with Gasteiger partial charge in [-0.2, -0.15) is 10.1 Å². The van der Waals surface area contributed by atoms with Gasteiger partial charge < -0.3 is 15.6 Å². The third-order valence-corrected chi connectivity index (χ3v) is 2.80. The first kappa shape index (κ1) is 12.0. The lowest BCUT2D eigenvalue weighted by Gasteiger charge is -2.09. The van der Waals surface area contributed by atoms with Gasteiger partial charge in [-0.25, -0.2) is 14.3 Å². The quantitative estimate of drug-likeness (QED) is 0.469. The second-order valence-corrected chi connectivity index (χ2v) is 4.15. The minimum Gasteiger partial charge on any atom is -0.506 e. The van der Waals surface area contributed by atoms with Crippen LogP contribution in [0.2, 0.25) is 0 Å². The van der Waals surface area contributed by atoms with Gasteiger partial charge in [-0.3, -0.25) is 0 Å². The fraction of sp³-hybridized carbons (Fsp3) is 0.0833. The molecule has 0 bridgehead atoms. The molecule has 20 heavy (non-hydrogen) atoms. The molecule has 1 aromatic carbocycles. The summed E-state index contributed by atoms with van der Waals surface area (Å²) in [5.74, 6) is 0.858. The number of nitrogens with zero attached hydrogens (tertiary/aromatic N) is 3. The molecule has 4 N–H and O–H groups in total. The summed E-state index contributed by atoms with van der Waals surface area (Å²) in [6, 6.07) is 6.16. The number of aryl methyl sites for hydroxylation is 1.